The van der Waals surface area contributed by atoms with Gasteiger partial charge in [0.2, 0.25) is 0 Å². The van der Waals surface area contributed by atoms with Gasteiger partial charge in [-0.05, 0) is 49.1 Å². The van der Waals surface area contributed by atoms with Gasteiger partial charge in [0.1, 0.15) is 5.54 Å². The summed E-state index contributed by atoms with van der Waals surface area (Å²) in [5.74, 6) is 1.22. The minimum Gasteiger partial charge on any atom is -0.369 e. The van der Waals surface area contributed by atoms with Gasteiger partial charge in [-0.1, -0.05) is 57.4 Å². The molecule has 1 atom stereocenters. The number of rotatable bonds is 8. The van der Waals surface area contributed by atoms with E-state index in [0.29, 0.717) is 31.3 Å². The fourth-order valence-corrected chi connectivity index (χ4v) is 4.65. The van der Waals surface area contributed by atoms with Crippen molar-refractivity contribution in [2.45, 2.75) is 77.9 Å². The number of benzene rings is 1. The lowest BCUT2D eigenvalue weighted by Crippen LogP contribution is -2.43. The van der Waals surface area contributed by atoms with Crippen LogP contribution in [0.4, 0.5) is 4.79 Å². The first-order valence-electron chi connectivity index (χ1n) is 11.5. The first-order chi connectivity index (χ1) is 14.8. The van der Waals surface area contributed by atoms with Crippen LogP contribution in [0.5, 0.6) is 0 Å². The summed E-state index contributed by atoms with van der Waals surface area (Å²) >= 11 is 0. The highest BCUT2D eigenvalue weighted by Gasteiger charge is 2.43. The molecular weight excluding hydrogens is 390 g/mol. The van der Waals surface area contributed by atoms with Crippen molar-refractivity contribution >= 4 is 17.9 Å². The van der Waals surface area contributed by atoms with Crippen molar-refractivity contribution in [3.63, 3.8) is 0 Å². The van der Waals surface area contributed by atoms with Crippen molar-refractivity contribution in [3.8, 4) is 0 Å². The Morgan fingerprint density at radius 1 is 1.16 bits per heavy atom. The molecule has 2 aliphatic rings. The summed E-state index contributed by atoms with van der Waals surface area (Å²) in [6.07, 6.45) is 6.98. The first kappa shape index (κ1) is 23.1. The highest BCUT2D eigenvalue weighted by Crippen LogP contribution is 2.29. The molecule has 0 spiro atoms. The monoisotopic (exact) mass is 427 g/mol. The maximum Gasteiger partial charge on any atom is 0.315 e. The first-order valence-corrected chi connectivity index (χ1v) is 11.5. The minimum atomic E-state index is -0.771. The third kappa shape index (κ3) is 6.21. The van der Waals surface area contributed by atoms with Crippen molar-refractivity contribution in [2.75, 3.05) is 6.54 Å². The van der Waals surface area contributed by atoms with Crippen molar-refractivity contribution < 1.29 is 9.59 Å². The van der Waals surface area contributed by atoms with Crippen LogP contribution in [0.3, 0.4) is 0 Å². The molecule has 1 saturated carbocycles. The molecule has 7 heteroatoms. The predicted molar refractivity (Wildman–Crippen MR) is 123 cm³/mol. The summed E-state index contributed by atoms with van der Waals surface area (Å²) in [4.78, 5) is 31.0. The Morgan fingerprint density at radius 2 is 1.81 bits per heavy atom. The molecule has 3 rings (SSSR count). The van der Waals surface area contributed by atoms with E-state index in [1.165, 1.54) is 32.1 Å². The van der Waals surface area contributed by atoms with Crippen molar-refractivity contribution in [2.24, 2.45) is 22.6 Å². The Hall–Kier alpha value is -2.57. The predicted octanol–water partition coefficient (Wildman–Crippen LogP) is 3.53. The van der Waals surface area contributed by atoms with Gasteiger partial charge < -0.3 is 16.4 Å². The highest BCUT2D eigenvalue weighted by molar-refractivity contribution is 6.06. The number of nitrogens with one attached hydrogen (secondary N) is 2. The molecule has 3 amide bonds. The quantitative estimate of drug-likeness (QED) is 0.592. The van der Waals surface area contributed by atoms with Crippen LogP contribution in [-0.4, -0.2) is 34.9 Å². The highest BCUT2D eigenvalue weighted by atomic mass is 16.2. The fourth-order valence-electron chi connectivity index (χ4n) is 4.65. The number of carbonyl (C=O) groups is 2. The molecule has 7 nitrogen and oxygen atoms in total. The molecule has 0 radical (unpaired) electrons. The third-order valence-electron chi connectivity index (χ3n) is 6.24. The molecule has 1 unspecified atom stereocenters. The molecular formula is C24H37N5O2. The Labute approximate surface area is 185 Å². The zero-order valence-corrected chi connectivity index (χ0v) is 19.1. The van der Waals surface area contributed by atoms with E-state index >= 15 is 0 Å². The fraction of sp³-hybridized carbons (Fsp3) is 0.625. The van der Waals surface area contributed by atoms with E-state index in [9.17, 15) is 9.59 Å². The van der Waals surface area contributed by atoms with Crippen LogP contribution in [0.2, 0.25) is 0 Å². The van der Waals surface area contributed by atoms with Gasteiger partial charge in [0, 0.05) is 13.1 Å². The van der Waals surface area contributed by atoms with E-state index in [2.05, 4.69) is 29.5 Å². The SMILES string of the molecule is CC(C)CC1(C)N=C(N)N(Cc2ccc(CNC(=O)NCC3CCCCC3)cc2)C1=O. The Kier molecular flexibility index (Phi) is 7.57. The smallest absolute Gasteiger partial charge is 0.315 e. The molecule has 1 aromatic carbocycles. The molecule has 0 saturated heterocycles. The zero-order valence-electron chi connectivity index (χ0n) is 19.1. The number of carbonyl (C=O) groups excluding carboxylic acids is 2. The largest absolute Gasteiger partial charge is 0.369 e. The number of nitrogens with two attached hydrogens (primary N) is 1. The summed E-state index contributed by atoms with van der Waals surface area (Å²) < 4.78 is 0. The van der Waals surface area contributed by atoms with E-state index in [0.717, 1.165) is 17.7 Å². The van der Waals surface area contributed by atoms with Gasteiger partial charge in [-0.25, -0.2) is 9.79 Å². The Balaban J connectivity index is 1.46. The lowest BCUT2D eigenvalue weighted by molar-refractivity contribution is -0.131. The molecule has 0 aromatic heterocycles. The van der Waals surface area contributed by atoms with Crippen molar-refractivity contribution in [1.29, 1.82) is 0 Å². The number of hydrogen-bond donors (Lipinski definition) is 3. The van der Waals surface area contributed by atoms with Crippen LogP contribution in [0.25, 0.3) is 0 Å². The summed E-state index contributed by atoms with van der Waals surface area (Å²) in [6, 6.07) is 7.76. The van der Waals surface area contributed by atoms with Gasteiger partial charge in [-0.2, -0.15) is 0 Å². The van der Waals surface area contributed by atoms with E-state index in [-0.39, 0.29) is 17.9 Å². The van der Waals surface area contributed by atoms with E-state index in [4.69, 9.17) is 5.73 Å². The summed E-state index contributed by atoms with van der Waals surface area (Å²) in [5, 5.41) is 5.91. The maximum absolute atomic E-state index is 12.9. The molecule has 1 aliphatic heterocycles. The van der Waals surface area contributed by atoms with E-state index in [1.54, 1.807) is 4.90 Å². The maximum atomic E-state index is 12.9. The summed E-state index contributed by atoms with van der Waals surface area (Å²) in [6.45, 7) is 7.64. The van der Waals surface area contributed by atoms with Crippen LogP contribution in [0, 0.1) is 11.8 Å². The average molecular weight is 428 g/mol. The summed E-state index contributed by atoms with van der Waals surface area (Å²) in [7, 11) is 0. The Bertz CT molecular complexity index is 799. The van der Waals surface area contributed by atoms with E-state index < -0.39 is 5.54 Å². The van der Waals surface area contributed by atoms with Crippen LogP contribution >= 0.6 is 0 Å². The minimum absolute atomic E-state index is 0.0425. The lowest BCUT2D eigenvalue weighted by atomic mass is 9.89. The second-order valence-electron chi connectivity index (χ2n) is 9.62. The second-order valence-corrected chi connectivity index (χ2v) is 9.62. The van der Waals surface area contributed by atoms with Gasteiger partial charge in [0.15, 0.2) is 5.96 Å². The van der Waals surface area contributed by atoms with Gasteiger partial charge in [0.25, 0.3) is 5.91 Å². The molecule has 1 heterocycles. The average Bonchev–Trinajstić information content (AvgIpc) is 2.94. The lowest BCUT2D eigenvalue weighted by Gasteiger charge is -2.23. The van der Waals surface area contributed by atoms with Crippen LogP contribution in [-0.2, 0) is 17.9 Å². The molecule has 1 fully saturated rings. The Morgan fingerprint density at radius 3 is 2.45 bits per heavy atom. The zero-order chi connectivity index (χ0) is 22.4. The topological polar surface area (TPSA) is 99.8 Å². The van der Waals surface area contributed by atoms with Gasteiger partial charge in [-0.3, -0.25) is 9.69 Å². The number of guanidine groups is 1. The molecule has 170 valence electrons. The normalized spacial score (nSPS) is 22.0. The van der Waals surface area contributed by atoms with Crippen LogP contribution < -0.4 is 16.4 Å². The molecule has 31 heavy (non-hydrogen) atoms. The standard InChI is InChI=1S/C24H37N5O2/c1-17(2)13-24(3)21(30)29(22(25)28-24)16-20-11-9-19(10-12-20)15-27-23(31)26-14-18-7-5-4-6-8-18/h9-12,17-18H,4-8,13-16H2,1-3H3,(H2,25,28)(H2,26,27,31). The number of urea groups is 1. The van der Waals surface area contributed by atoms with Crippen LogP contribution in [0.15, 0.2) is 29.3 Å². The number of hydrogen-bond acceptors (Lipinski definition) is 4. The third-order valence-corrected chi connectivity index (χ3v) is 6.24. The van der Waals surface area contributed by atoms with E-state index in [1.807, 2.05) is 31.2 Å². The second kappa shape index (κ2) is 10.2. The van der Waals surface area contributed by atoms with Gasteiger partial charge in [-0.15, -0.1) is 0 Å². The van der Waals surface area contributed by atoms with Crippen molar-refractivity contribution in [1.82, 2.24) is 15.5 Å². The molecule has 1 aliphatic carbocycles. The van der Waals surface area contributed by atoms with Gasteiger partial charge in [0.05, 0.1) is 6.54 Å². The number of amides is 3. The van der Waals surface area contributed by atoms with Gasteiger partial charge >= 0.3 is 6.03 Å². The summed E-state index contributed by atoms with van der Waals surface area (Å²) in [5.41, 5.74) is 7.28. The number of aliphatic imine (C=N–C) groups is 1. The molecule has 1 aromatic rings. The molecule has 0 bridgehead atoms. The number of nitrogens with zero attached hydrogens (tertiary/aromatic N) is 2. The van der Waals surface area contributed by atoms with Crippen molar-refractivity contribution in [3.05, 3.63) is 35.4 Å². The van der Waals surface area contributed by atoms with Crippen LogP contribution in [0.1, 0.15) is 70.4 Å². The molecule has 4 N–H and O–H groups in total.